The van der Waals surface area contributed by atoms with Gasteiger partial charge in [0, 0.05) is 6.20 Å². The summed E-state index contributed by atoms with van der Waals surface area (Å²) in [6.07, 6.45) is 1.34. The topological polar surface area (TPSA) is 105 Å². The Morgan fingerprint density at radius 1 is 1.35 bits per heavy atom. The molecule has 3 rings (SSSR count). The van der Waals surface area contributed by atoms with Crippen LogP contribution in [0.2, 0.25) is 0 Å². The fourth-order valence-electron chi connectivity index (χ4n) is 2.03. The Morgan fingerprint density at radius 3 is 2.75 bits per heavy atom. The number of carbonyl (C=O) groups excluding carboxylic acids is 3. The van der Waals surface area contributed by atoms with Gasteiger partial charge < -0.3 is 9.42 Å². The van der Waals surface area contributed by atoms with Crippen molar-refractivity contribution in [1.82, 2.24) is 20.4 Å². The maximum Gasteiger partial charge on any atom is 0.257 e. The third-order valence-corrected chi connectivity index (χ3v) is 2.99. The number of hydrogen-bond acceptors (Lipinski definition) is 6. The molecule has 20 heavy (non-hydrogen) atoms. The molecule has 0 unspecified atom stereocenters. The van der Waals surface area contributed by atoms with Crippen LogP contribution in [0.3, 0.4) is 0 Å². The number of amides is 3. The molecule has 1 fully saturated rings. The number of aryl methyl sites for hydroxylation is 1. The van der Waals surface area contributed by atoms with Gasteiger partial charge in [-0.3, -0.25) is 19.7 Å². The van der Waals surface area contributed by atoms with Gasteiger partial charge in [-0.25, -0.2) is 4.98 Å². The van der Waals surface area contributed by atoms with Crippen molar-refractivity contribution in [1.29, 1.82) is 0 Å². The number of nitrogens with one attached hydrogen (secondary N) is 1. The van der Waals surface area contributed by atoms with E-state index in [2.05, 4.69) is 15.5 Å². The number of hydrogen-bond donors (Lipinski definition) is 1. The second-order valence-electron chi connectivity index (χ2n) is 4.48. The summed E-state index contributed by atoms with van der Waals surface area (Å²) in [7, 11) is 0. The van der Waals surface area contributed by atoms with E-state index in [1.165, 1.54) is 11.1 Å². The van der Waals surface area contributed by atoms with Crippen LogP contribution >= 0.6 is 0 Å². The van der Waals surface area contributed by atoms with Gasteiger partial charge in [-0.2, -0.15) is 0 Å². The number of piperazine rings is 1. The van der Waals surface area contributed by atoms with Gasteiger partial charge in [0.1, 0.15) is 13.1 Å². The summed E-state index contributed by atoms with van der Waals surface area (Å²) in [5.74, 6) is -1.42. The highest BCUT2D eigenvalue weighted by molar-refractivity contribution is 6.06. The molecular formula is C12H10N4O4. The Morgan fingerprint density at radius 2 is 2.05 bits per heavy atom. The molecule has 1 N–H and O–H groups in total. The second kappa shape index (κ2) is 4.41. The smallest absolute Gasteiger partial charge is 0.257 e. The summed E-state index contributed by atoms with van der Waals surface area (Å²) in [4.78, 5) is 40.0. The van der Waals surface area contributed by atoms with Gasteiger partial charge in [-0.15, -0.1) is 0 Å². The standard InChI is InChI=1S/C12H10N4O4/c1-6-8-2-7(3-13-11(8)20-15-6)12(19)16-4-9(17)14-10(18)5-16/h2-3H,4-5H2,1H3,(H,14,17,18). The Labute approximate surface area is 112 Å². The van der Waals surface area contributed by atoms with E-state index in [0.29, 0.717) is 16.8 Å². The molecule has 3 heterocycles. The van der Waals surface area contributed by atoms with E-state index in [0.717, 1.165) is 0 Å². The van der Waals surface area contributed by atoms with Crippen molar-refractivity contribution in [2.75, 3.05) is 13.1 Å². The minimum atomic E-state index is -0.496. The first-order valence-corrected chi connectivity index (χ1v) is 5.88. The SMILES string of the molecule is Cc1noc2ncc(C(=O)N3CC(=O)NC(=O)C3)cc12. The zero-order valence-corrected chi connectivity index (χ0v) is 10.5. The molecule has 1 aliphatic heterocycles. The van der Waals surface area contributed by atoms with Crippen molar-refractivity contribution in [3.8, 4) is 0 Å². The summed E-state index contributed by atoms with van der Waals surface area (Å²) in [5, 5.41) is 6.52. The lowest BCUT2D eigenvalue weighted by molar-refractivity contribution is -0.135. The molecule has 0 bridgehead atoms. The predicted molar refractivity (Wildman–Crippen MR) is 65.6 cm³/mol. The summed E-state index contributed by atoms with van der Waals surface area (Å²) < 4.78 is 4.96. The highest BCUT2D eigenvalue weighted by Crippen LogP contribution is 2.18. The normalized spacial score (nSPS) is 15.6. The largest absolute Gasteiger partial charge is 0.336 e. The van der Waals surface area contributed by atoms with E-state index in [9.17, 15) is 14.4 Å². The predicted octanol–water partition coefficient (Wildman–Crippen LogP) is -0.370. The maximum atomic E-state index is 12.3. The Bertz CT molecular complexity index is 720. The highest BCUT2D eigenvalue weighted by Gasteiger charge is 2.27. The quantitative estimate of drug-likeness (QED) is 0.711. The van der Waals surface area contributed by atoms with Crippen LogP contribution in [0.1, 0.15) is 16.1 Å². The Hall–Kier alpha value is -2.77. The number of pyridine rings is 1. The molecule has 0 spiro atoms. The van der Waals surface area contributed by atoms with Crippen molar-refractivity contribution in [3.63, 3.8) is 0 Å². The van der Waals surface area contributed by atoms with E-state index in [1.54, 1.807) is 13.0 Å². The second-order valence-corrected chi connectivity index (χ2v) is 4.48. The molecule has 2 aromatic heterocycles. The molecule has 102 valence electrons. The third kappa shape index (κ3) is 2.00. The van der Waals surface area contributed by atoms with Crippen LogP contribution in [0.5, 0.6) is 0 Å². The lowest BCUT2D eigenvalue weighted by atomic mass is 10.2. The van der Waals surface area contributed by atoms with Crippen LogP contribution in [-0.2, 0) is 9.59 Å². The average Bonchev–Trinajstić information content (AvgIpc) is 2.78. The molecule has 0 aromatic carbocycles. The first kappa shape index (κ1) is 12.3. The molecule has 0 atom stereocenters. The summed E-state index contributed by atoms with van der Waals surface area (Å²) in [6.45, 7) is 1.44. The lowest BCUT2D eigenvalue weighted by Gasteiger charge is -2.25. The van der Waals surface area contributed by atoms with E-state index in [4.69, 9.17) is 4.52 Å². The van der Waals surface area contributed by atoms with Crippen molar-refractivity contribution in [3.05, 3.63) is 23.5 Å². The molecule has 2 aromatic rings. The zero-order chi connectivity index (χ0) is 14.3. The fraction of sp³-hybridized carbons (Fsp3) is 0.250. The molecule has 1 saturated heterocycles. The number of imide groups is 1. The summed E-state index contributed by atoms with van der Waals surface area (Å²) in [5.41, 5.74) is 1.24. The number of aromatic nitrogens is 2. The number of carbonyl (C=O) groups is 3. The van der Waals surface area contributed by atoms with E-state index in [-0.39, 0.29) is 18.7 Å². The highest BCUT2D eigenvalue weighted by atomic mass is 16.5. The van der Waals surface area contributed by atoms with E-state index < -0.39 is 17.7 Å². The Kier molecular flexibility index (Phi) is 2.70. The monoisotopic (exact) mass is 274 g/mol. The number of rotatable bonds is 1. The van der Waals surface area contributed by atoms with Crippen LogP contribution in [0.25, 0.3) is 11.1 Å². The molecule has 0 radical (unpaired) electrons. The molecule has 3 amide bonds. The molecule has 8 heteroatoms. The molecule has 8 nitrogen and oxygen atoms in total. The van der Waals surface area contributed by atoms with E-state index in [1.807, 2.05) is 0 Å². The minimum Gasteiger partial charge on any atom is -0.336 e. The molecule has 0 saturated carbocycles. The molecule has 0 aliphatic carbocycles. The summed E-state index contributed by atoms with van der Waals surface area (Å²) >= 11 is 0. The van der Waals surface area contributed by atoms with Crippen molar-refractivity contribution >= 4 is 28.8 Å². The van der Waals surface area contributed by atoms with Gasteiger partial charge in [0.15, 0.2) is 0 Å². The maximum absolute atomic E-state index is 12.3. The zero-order valence-electron chi connectivity index (χ0n) is 10.5. The van der Waals surface area contributed by atoms with Gasteiger partial charge in [-0.05, 0) is 13.0 Å². The van der Waals surface area contributed by atoms with Gasteiger partial charge in [0.2, 0.25) is 11.8 Å². The van der Waals surface area contributed by atoms with Crippen LogP contribution < -0.4 is 5.32 Å². The number of fused-ring (bicyclic) bond motifs is 1. The van der Waals surface area contributed by atoms with Crippen LogP contribution in [0.4, 0.5) is 0 Å². The van der Waals surface area contributed by atoms with Crippen LogP contribution in [0, 0.1) is 6.92 Å². The third-order valence-electron chi connectivity index (χ3n) is 2.99. The average molecular weight is 274 g/mol. The van der Waals surface area contributed by atoms with Gasteiger partial charge in [-0.1, -0.05) is 5.16 Å². The van der Waals surface area contributed by atoms with Crippen molar-refractivity contribution in [2.24, 2.45) is 0 Å². The van der Waals surface area contributed by atoms with Crippen LogP contribution in [0.15, 0.2) is 16.8 Å². The van der Waals surface area contributed by atoms with Crippen molar-refractivity contribution < 1.29 is 18.9 Å². The van der Waals surface area contributed by atoms with Gasteiger partial charge >= 0.3 is 0 Å². The molecular weight excluding hydrogens is 264 g/mol. The first-order chi connectivity index (χ1) is 9.54. The number of nitrogens with zero attached hydrogens (tertiary/aromatic N) is 3. The summed E-state index contributed by atoms with van der Waals surface area (Å²) in [6, 6.07) is 1.59. The van der Waals surface area contributed by atoms with Gasteiger partial charge in [0.25, 0.3) is 11.6 Å². The van der Waals surface area contributed by atoms with E-state index >= 15 is 0 Å². The fourth-order valence-corrected chi connectivity index (χ4v) is 2.03. The Balaban J connectivity index is 1.93. The van der Waals surface area contributed by atoms with Crippen molar-refractivity contribution in [2.45, 2.75) is 6.92 Å². The lowest BCUT2D eigenvalue weighted by Crippen LogP contribution is -2.53. The first-order valence-electron chi connectivity index (χ1n) is 5.88. The minimum absolute atomic E-state index is 0.148. The molecule has 1 aliphatic rings. The van der Waals surface area contributed by atoms with Crippen LogP contribution in [-0.4, -0.2) is 45.9 Å². The van der Waals surface area contributed by atoms with Gasteiger partial charge in [0.05, 0.1) is 16.6 Å².